The van der Waals surface area contributed by atoms with E-state index in [-0.39, 0.29) is 23.9 Å². The van der Waals surface area contributed by atoms with E-state index in [0.29, 0.717) is 12.1 Å². The summed E-state index contributed by atoms with van der Waals surface area (Å²) in [6, 6.07) is 2.25. The lowest BCUT2D eigenvalue weighted by Gasteiger charge is -2.35. The number of alkyl halides is 3. The number of ether oxygens (including phenoxy) is 1. The van der Waals surface area contributed by atoms with Gasteiger partial charge < -0.3 is 9.84 Å². The topological polar surface area (TPSA) is 83.9 Å². The molecule has 1 N–H and O–H groups in total. The number of aromatic carboxylic acids is 1. The number of hydrogen-bond acceptors (Lipinski definition) is 4. The van der Waals surface area contributed by atoms with Crippen molar-refractivity contribution in [1.29, 1.82) is 0 Å². The Hall–Kier alpha value is -1.81. The van der Waals surface area contributed by atoms with Crippen LogP contribution in [0.1, 0.15) is 17.3 Å². The Balaban J connectivity index is 2.40. The molecule has 1 aliphatic rings. The maximum absolute atomic E-state index is 12.2. The molecular weight excluding hydrogens is 327 g/mol. The van der Waals surface area contributed by atoms with Crippen molar-refractivity contribution in [3.8, 4) is 5.75 Å². The molecule has 1 aromatic rings. The average molecular weight is 339 g/mol. The van der Waals surface area contributed by atoms with Crippen molar-refractivity contribution in [3.05, 3.63) is 23.8 Å². The maximum atomic E-state index is 12.2. The molecule has 6 nitrogen and oxygen atoms in total. The van der Waals surface area contributed by atoms with Gasteiger partial charge in [-0.15, -0.1) is 13.2 Å². The molecule has 10 heteroatoms. The second kappa shape index (κ2) is 5.43. The van der Waals surface area contributed by atoms with E-state index in [2.05, 4.69) is 4.74 Å². The van der Waals surface area contributed by atoms with Crippen molar-refractivity contribution in [2.24, 2.45) is 5.92 Å². The van der Waals surface area contributed by atoms with Crippen LogP contribution in [0.5, 0.6) is 5.75 Å². The molecule has 1 aliphatic heterocycles. The quantitative estimate of drug-likeness (QED) is 0.906. The zero-order valence-corrected chi connectivity index (χ0v) is 12.1. The Morgan fingerprint density at radius 2 is 1.95 bits per heavy atom. The van der Waals surface area contributed by atoms with Crippen LogP contribution in [0.15, 0.2) is 23.1 Å². The molecule has 0 saturated carbocycles. The van der Waals surface area contributed by atoms with Crippen LogP contribution < -0.4 is 4.74 Å². The average Bonchev–Trinajstić information content (AvgIpc) is 2.33. The smallest absolute Gasteiger partial charge is 0.478 e. The van der Waals surface area contributed by atoms with Crippen molar-refractivity contribution in [2.45, 2.75) is 18.2 Å². The van der Waals surface area contributed by atoms with Crippen molar-refractivity contribution < 1.29 is 36.2 Å². The molecule has 1 fully saturated rings. The summed E-state index contributed by atoms with van der Waals surface area (Å²) in [6.07, 6.45) is -5.07. The molecule has 0 unspecified atom stereocenters. The highest BCUT2D eigenvalue weighted by molar-refractivity contribution is 7.89. The number of benzene rings is 1. The fourth-order valence-electron chi connectivity index (χ4n) is 2.04. The van der Waals surface area contributed by atoms with E-state index < -0.39 is 33.7 Å². The molecule has 1 saturated heterocycles. The van der Waals surface area contributed by atoms with E-state index in [0.717, 1.165) is 10.4 Å². The van der Waals surface area contributed by atoms with Gasteiger partial charge in [-0.2, -0.15) is 4.31 Å². The zero-order chi connectivity index (χ0) is 16.7. The van der Waals surface area contributed by atoms with Crippen LogP contribution in [0, 0.1) is 5.92 Å². The van der Waals surface area contributed by atoms with Crippen LogP contribution in [-0.2, 0) is 10.0 Å². The third-order valence-electron chi connectivity index (χ3n) is 3.08. The van der Waals surface area contributed by atoms with Gasteiger partial charge >= 0.3 is 12.3 Å². The van der Waals surface area contributed by atoms with E-state index in [1.54, 1.807) is 0 Å². The van der Waals surface area contributed by atoms with Gasteiger partial charge in [0, 0.05) is 13.1 Å². The predicted molar refractivity (Wildman–Crippen MR) is 68.0 cm³/mol. The monoisotopic (exact) mass is 339 g/mol. The van der Waals surface area contributed by atoms with E-state index >= 15 is 0 Å². The minimum absolute atomic E-state index is 0.182. The van der Waals surface area contributed by atoms with Crippen LogP contribution in [0.25, 0.3) is 0 Å². The van der Waals surface area contributed by atoms with Crippen LogP contribution in [0.2, 0.25) is 0 Å². The van der Waals surface area contributed by atoms with Crippen molar-refractivity contribution in [1.82, 2.24) is 4.31 Å². The number of hydrogen-bond donors (Lipinski definition) is 1. The van der Waals surface area contributed by atoms with Gasteiger partial charge in [0.25, 0.3) is 0 Å². The summed E-state index contributed by atoms with van der Waals surface area (Å²) in [4.78, 5) is 10.7. The first kappa shape index (κ1) is 16.6. The van der Waals surface area contributed by atoms with Gasteiger partial charge in [-0.05, 0) is 24.1 Å². The first-order valence-electron chi connectivity index (χ1n) is 6.14. The minimum Gasteiger partial charge on any atom is -0.478 e. The van der Waals surface area contributed by atoms with E-state index in [1.165, 1.54) is 0 Å². The van der Waals surface area contributed by atoms with Gasteiger partial charge in [-0.1, -0.05) is 6.92 Å². The van der Waals surface area contributed by atoms with Crippen LogP contribution in [-0.4, -0.2) is 43.3 Å². The van der Waals surface area contributed by atoms with E-state index in [9.17, 15) is 26.4 Å². The molecule has 1 aromatic carbocycles. The standard InChI is InChI=1S/C12H12F3NO5S/c1-7-5-16(6-7)22(19,20)8-2-3-10(21-12(13,14)15)9(4-8)11(17)18/h2-4,7H,5-6H2,1H3,(H,17,18). The largest absolute Gasteiger partial charge is 0.573 e. The Labute approximate surface area is 124 Å². The second-order valence-electron chi connectivity index (χ2n) is 4.94. The summed E-state index contributed by atoms with van der Waals surface area (Å²) in [5, 5.41) is 8.95. The number of carboxylic acids is 1. The lowest BCUT2D eigenvalue weighted by atomic mass is 10.1. The van der Waals surface area contributed by atoms with Crippen molar-refractivity contribution >= 4 is 16.0 Å². The highest BCUT2D eigenvalue weighted by Crippen LogP contribution is 2.31. The summed E-state index contributed by atoms with van der Waals surface area (Å²) >= 11 is 0. The molecule has 2 rings (SSSR count). The number of nitrogens with zero attached hydrogens (tertiary/aromatic N) is 1. The van der Waals surface area contributed by atoms with Crippen LogP contribution >= 0.6 is 0 Å². The van der Waals surface area contributed by atoms with Crippen molar-refractivity contribution in [3.63, 3.8) is 0 Å². The fraction of sp³-hybridized carbons (Fsp3) is 0.417. The molecule has 22 heavy (non-hydrogen) atoms. The van der Waals surface area contributed by atoms with Gasteiger partial charge in [0.15, 0.2) is 0 Å². The molecule has 122 valence electrons. The summed E-state index contributed by atoms with van der Waals surface area (Å²) < 4.78 is 65.8. The number of carbonyl (C=O) groups is 1. The van der Waals surface area contributed by atoms with Crippen LogP contribution in [0.3, 0.4) is 0 Å². The number of carboxylic acid groups (broad SMARTS) is 1. The summed E-state index contributed by atoms with van der Waals surface area (Å²) in [7, 11) is -3.92. The minimum atomic E-state index is -5.07. The predicted octanol–water partition coefficient (Wildman–Crippen LogP) is 1.92. The second-order valence-corrected chi connectivity index (χ2v) is 6.88. The highest BCUT2D eigenvalue weighted by Gasteiger charge is 2.36. The number of halogens is 3. The first-order chi connectivity index (χ1) is 10.0. The van der Waals surface area contributed by atoms with E-state index in [1.807, 2.05) is 6.92 Å². The Kier molecular flexibility index (Phi) is 4.09. The molecule has 1 heterocycles. The Morgan fingerprint density at radius 3 is 2.41 bits per heavy atom. The molecule has 0 atom stereocenters. The lowest BCUT2D eigenvalue weighted by Crippen LogP contribution is -2.48. The molecule has 0 bridgehead atoms. The van der Waals surface area contributed by atoms with Gasteiger partial charge in [0.2, 0.25) is 10.0 Å². The van der Waals surface area contributed by atoms with E-state index in [4.69, 9.17) is 5.11 Å². The molecule has 0 amide bonds. The molecule has 0 aliphatic carbocycles. The zero-order valence-electron chi connectivity index (χ0n) is 11.3. The number of sulfonamides is 1. The SMILES string of the molecule is CC1CN(S(=O)(=O)c2ccc(OC(F)(F)F)c(C(=O)O)c2)C1. The molecule has 0 aromatic heterocycles. The molecule has 0 radical (unpaired) electrons. The summed E-state index contributed by atoms with van der Waals surface area (Å²) in [5.74, 6) is -2.49. The number of rotatable bonds is 4. The molecule has 0 spiro atoms. The van der Waals surface area contributed by atoms with Gasteiger partial charge in [0.05, 0.1) is 4.90 Å². The maximum Gasteiger partial charge on any atom is 0.573 e. The van der Waals surface area contributed by atoms with Gasteiger partial charge in [-0.3, -0.25) is 0 Å². The first-order valence-corrected chi connectivity index (χ1v) is 7.58. The normalized spacial score (nSPS) is 17.1. The highest BCUT2D eigenvalue weighted by atomic mass is 32.2. The van der Waals surface area contributed by atoms with Gasteiger partial charge in [0.1, 0.15) is 11.3 Å². The molecular formula is C12H12F3NO5S. The lowest BCUT2D eigenvalue weighted by molar-refractivity contribution is -0.274. The van der Waals surface area contributed by atoms with Gasteiger partial charge in [-0.25, -0.2) is 13.2 Å². The third kappa shape index (κ3) is 3.33. The Morgan fingerprint density at radius 1 is 1.36 bits per heavy atom. The third-order valence-corrected chi connectivity index (χ3v) is 4.90. The van der Waals surface area contributed by atoms with Crippen molar-refractivity contribution in [2.75, 3.05) is 13.1 Å². The van der Waals surface area contributed by atoms with Crippen LogP contribution in [0.4, 0.5) is 13.2 Å². The fourth-order valence-corrected chi connectivity index (χ4v) is 3.74. The summed E-state index contributed by atoms with van der Waals surface area (Å²) in [6.45, 7) is 2.41. The summed E-state index contributed by atoms with van der Waals surface area (Å²) in [5.41, 5.74) is -0.869. The Bertz CT molecular complexity index is 695.